The summed E-state index contributed by atoms with van der Waals surface area (Å²) < 4.78 is 12.7. The minimum Gasteiger partial charge on any atom is -0.490 e. The van der Waals surface area contributed by atoms with E-state index in [1.54, 1.807) is 66.5 Å². The Morgan fingerprint density at radius 1 is 1.07 bits per heavy atom. The minimum atomic E-state index is -0.504. The molecule has 4 amide bonds. The van der Waals surface area contributed by atoms with Gasteiger partial charge in [-0.2, -0.15) is 0 Å². The number of fused-ring (bicyclic) bond motifs is 1. The Morgan fingerprint density at radius 3 is 2.50 bits per heavy atom. The molecule has 2 heterocycles. The second-order valence-corrected chi connectivity index (χ2v) is 12.9. The molecule has 4 rings (SSSR count). The Hall–Kier alpha value is -3.70. The van der Waals surface area contributed by atoms with Crippen molar-refractivity contribution in [2.24, 2.45) is 5.92 Å². The number of amides is 4. The largest absolute Gasteiger partial charge is 0.490 e. The zero-order valence-corrected chi connectivity index (χ0v) is 27.7. The fourth-order valence-electron chi connectivity index (χ4n) is 6.13. The van der Waals surface area contributed by atoms with Gasteiger partial charge in [-0.05, 0) is 76.3 Å². The van der Waals surface area contributed by atoms with E-state index in [4.69, 9.17) is 9.47 Å². The molecule has 0 radical (unpaired) electrons. The molecule has 11 nitrogen and oxygen atoms in total. The lowest BCUT2D eigenvalue weighted by Crippen LogP contribution is -2.48. The number of ether oxygens (including phenoxy) is 2. The fraction of sp³-hybridized carbons (Fsp3) is 0.600. The van der Waals surface area contributed by atoms with Gasteiger partial charge >= 0.3 is 6.03 Å². The van der Waals surface area contributed by atoms with E-state index in [-0.39, 0.29) is 55.2 Å². The number of carbonyl (C=O) groups excluding carboxylic acids is 3. The molecule has 1 saturated carbocycles. The van der Waals surface area contributed by atoms with Crippen LogP contribution in [0, 0.1) is 5.92 Å². The molecule has 4 atom stereocenters. The van der Waals surface area contributed by atoms with Crippen LogP contribution in [0.5, 0.6) is 5.75 Å². The van der Waals surface area contributed by atoms with Crippen LogP contribution in [-0.4, -0.2) is 95.4 Å². The third kappa shape index (κ3) is 9.90. The molecular formula is C35H51N5O6. The number of likely N-dealkylation sites (N-methyl/N-ethyl adjacent to an activating group) is 1. The number of aromatic nitrogens is 1. The van der Waals surface area contributed by atoms with Crippen LogP contribution < -0.4 is 15.4 Å². The van der Waals surface area contributed by atoms with Gasteiger partial charge in [-0.3, -0.25) is 14.6 Å². The summed E-state index contributed by atoms with van der Waals surface area (Å²) in [7, 11) is 1.75. The first-order chi connectivity index (χ1) is 22.2. The van der Waals surface area contributed by atoms with Crippen molar-refractivity contribution in [3.05, 3.63) is 53.9 Å². The number of aliphatic hydroxyl groups excluding tert-OH is 1. The van der Waals surface area contributed by atoms with Crippen molar-refractivity contribution in [1.82, 2.24) is 20.1 Å². The van der Waals surface area contributed by atoms with E-state index in [2.05, 4.69) is 15.6 Å². The van der Waals surface area contributed by atoms with E-state index in [1.165, 1.54) is 6.42 Å². The molecular weight excluding hydrogens is 586 g/mol. The normalized spacial score (nSPS) is 22.5. The molecule has 3 N–H and O–H groups in total. The number of anilines is 1. The van der Waals surface area contributed by atoms with E-state index in [0.29, 0.717) is 35.7 Å². The summed E-state index contributed by atoms with van der Waals surface area (Å²) >= 11 is 0. The number of aliphatic hydroxyl groups is 1. The Kier molecular flexibility index (Phi) is 13.2. The van der Waals surface area contributed by atoms with Crippen LogP contribution in [0.3, 0.4) is 0 Å². The summed E-state index contributed by atoms with van der Waals surface area (Å²) in [6, 6.07) is 7.87. The number of nitrogens with one attached hydrogen (secondary N) is 2. The molecule has 252 valence electrons. The molecule has 0 bridgehead atoms. The monoisotopic (exact) mass is 637 g/mol. The van der Waals surface area contributed by atoms with Gasteiger partial charge < -0.3 is 35.0 Å². The number of hydrogen-bond donors (Lipinski definition) is 3. The highest BCUT2D eigenvalue weighted by molar-refractivity contribution is 5.99. The average Bonchev–Trinajstić information content (AvgIpc) is 3.06. The molecule has 2 aromatic rings. The number of urea groups is 1. The van der Waals surface area contributed by atoms with E-state index in [9.17, 15) is 19.5 Å². The standard InChI is InChI=1S/C35H51N5O6/c1-24-21-40(25(2)23-41)34(43)30-20-29(38-35(44)37-28-11-6-5-7-12-28)13-14-31(30)46-26(3)10-8-9-19-45-32(24)22-39(4)33(42)27-15-17-36-18-16-27/h13-18,20,24-26,28,32,41H,5-12,19,21-23H2,1-4H3,(H2,37,38,44)/t24-,25+,26+,32+/m1/s1. The molecule has 1 aromatic heterocycles. The summed E-state index contributed by atoms with van der Waals surface area (Å²) in [6.45, 7) is 6.65. The van der Waals surface area contributed by atoms with Gasteiger partial charge in [-0.25, -0.2) is 4.79 Å². The molecule has 1 aromatic carbocycles. The predicted octanol–water partition coefficient (Wildman–Crippen LogP) is 5.10. The first-order valence-corrected chi connectivity index (χ1v) is 16.7. The molecule has 46 heavy (non-hydrogen) atoms. The van der Waals surface area contributed by atoms with Crippen LogP contribution in [0.1, 0.15) is 92.9 Å². The molecule has 0 spiro atoms. The lowest BCUT2D eigenvalue weighted by molar-refractivity contribution is -0.0149. The third-order valence-corrected chi connectivity index (χ3v) is 8.98. The number of carbonyl (C=O) groups is 3. The molecule has 0 unspecified atom stereocenters. The molecule has 2 aliphatic rings. The number of benzene rings is 1. The highest BCUT2D eigenvalue weighted by Crippen LogP contribution is 2.29. The SMILES string of the molecule is C[C@@H]1CN([C@@H](C)CO)C(=O)c2cc(NC(=O)NC3CCCCC3)ccc2O[C@@H](C)CCCCO[C@H]1CN(C)C(=O)c1ccncc1. The second-order valence-electron chi connectivity index (χ2n) is 12.9. The smallest absolute Gasteiger partial charge is 0.319 e. The first-order valence-electron chi connectivity index (χ1n) is 16.7. The molecule has 1 aliphatic carbocycles. The van der Waals surface area contributed by atoms with Crippen LogP contribution in [0.2, 0.25) is 0 Å². The third-order valence-electron chi connectivity index (χ3n) is 8.98. The highest BCUT2D eigenvalue weighted by atomic mass is 16.5. The summed E-state index contributed by atoms with van der Waals surface area (Å²) in [5, 5.41) is 16.2. The number of pyridine rings is 1. The van der Waals surface area contributed by atoms with Gasteiger partial charge in [0.05, 0.1) is 30.4 Å². The molecule has 1 aliphatic heterocycles. The molecule has 0 saturated heterocycles. The maximum Gasteiger partial charge on any atom is 0.319 e. The maximum atomic E-state index is 14.3. The average molecular weight is 638 g/mol. The van der Waals surface area contributed by atoms with E-state index < -0.39 is 6.04 Å². The lowest BCUT2D eigenvalue weighted by Gasteiger charge is -2.36. The van der Waals surface area contributed by atoms with Crippen molar-refractivity contribution < 1.29 is 29.0 Å². The van der Waals surface area contributed by atoms with Gasteiger partial charge in [-0.15, -0.1) is 0 Å². The van der Waals surface area contributed by atoms with Crippen molar-refractivity contribution in [2.45, 2.75) is 96.4 Å². The highest BCUT2D eigenvalue weighted by Gasteiger charge is 2.31. The van der Waals surface area contributed by atoms with Crippen molar-refractivity contribution in [3.8, 4) is 5.75 Å². The lowest BCUT2D eigenvalue weighted by atomic mass is 9.96. The number of hydrogen-bond acceptors (Lipinski definition) is 7. The Labute approximate surface area is 273 Å². The summed E-state index contributed by atoms with van der Waals surface area (Å²) in [4.78, 5) is 47.6. The fourth-order valence-corrected chi connectivity index (χ4v) is 6.13. The van der Waals surface area contributed by atoms with Crippen LogP contribution in [0.4, 0.5) is 10.5 Å². The second kappa shape index (κ2) is 17.3. The minimum absolute atomic E-state index is 0.137. The van der Waals surface area contributed by atoms with E-state index >= 15 is 0 Å². The molecule has 1 fully saturated rings. The van der Waals surface area contributed by atoms with Crippen molar-refractivity contribution in [3.63, 3.8) is 0 Å². The zero-order valence-electron chi connectivity index (χ0n) is 27.7. The summed E-state index contributed by atoms with van der Waals surface area (Å²) in [6.07, 6.45) is 10.4. The van der Waals surface area contributed by atoms with Crippen LogP contribution >= 0.6 is 0 Å². The predicted molar refractivity (Wildman–Crippen MR) is 177 cm³/mol. The van der Waals surface area contributed by atoms with Crippen LogP contribution in [0.15, 0.2) is 42.7 Å². The van der Waals surface area contributed by atoms with Gasteiger partial charge in [0.15, 0.2) is 0 Å². The summed E-state index contributed by atoms with van der Waals surface area (Å²) in [5.41, 5.74) is 1.34. The van der Waals surface area contributed by atoms with Gasteiger partial charge in [-0.1, -0.05) is 26.2 Å². The van der Waals surface area contributed by atoms with Gasteiger partial charge in [0.2, 0.25) is 0 Å². The first kappa shape index (κ1) is 35.2. The van der Waals surface area contributed by atoms with Crippen LogP contribution in [0.25, 0.3) is 0 Å². The number of rotatable bonds is 7. The number of nitrogens with zero attached hydrogens (tertiary/aromatic N) is 3. The molecule has 11 heteroatoms. The van der Waals surface area contributed by atoms with Crippen molar-refractivity contribution in [1.29, 1.82) is 0 Å². The van der Waals surface area contributed by atoms with Gasteiger partial charge in [0.1, 0.15) is 5.75 Å². The zero-order chi connectivity index (χ0) is 33.1. The Morgan fingerprint density at radius 2 is 1.78 bits per heavy atom. The van der Waals surface area contributed by atoms with Gasteiger partial charge in [0, 0.05) is 62.3 Å². The topological polar surface area (TPSA) is 133 Å². The quantitative estimate of drug-likeness (QED) is 0.385. The van der Waals surface area contributed by atoms with Crippen LogP contribution in [-0.2, 0) is 4.74 Å². The van der Waals surface area contributed by atoms with Crippen molar-refractivity contribution in [2.75, 3.05) is 38.7 Å². The van der Waals surface area contributed by atoms with E-state index in [0.717, 1.165) is 44.9 Å². The Balaban J connectivity index is 1.58. The van der Waals surface area contributed by atoms with Crippen molar-refractivity contribution >= 4 is 23.5 Å². The van der Waals surface area contributed by atoms with E-state index in [1.807, 2.05) is 13.8 Å². The summed E-state index contributed by atoms with van der Waals surface area (Å²) in [5.74, 6) is -0.198. The van der Waals surface area contributed by atoms with Gasteiger partial charge in [0.25, 0.3) is 11.8 Å². The maximum absolute atomic E-state index is 14.3. The Bertz CT molecular complexity index is 1290.